The third-order valence-electron chi connectivity index (χ3n) is 4.71. The molecule has 0 spiro atoms. The van der Waals surface area contributed by atoms with Crippen LogP contribution in [0.4, 0.5) is 11.4 Å². The zero-order valence-corrected chi connectivity index (χ0v) is 17.8. The van der Waals surface area contributed by atoms with Crippen LogP contribution >= 0.6 is 11.8 Å². The fourth-order valence-corrected chi connectivity index (χ4v) is 3.82. The number of aromatic nitrogens is 3. The Bertz CT molecular complexity index is 1050. The van der Waals surface area contributed by atoms with Gasteiger partial charge >= 0.3 is 0 Å². The molecule has 30 heavy (non-hydrogen) atoms. The smallest absolute Gasteiger partial charge is 0.271 e. The number of anilines is 1. The zero-order chi connectivity index (χ0) is 21.7. The van der Waals surface area contributed by atoms with Gasteiger partial charge in [0, 0.05) is 18.7 Å². The Morgan fingerprint density at radius 1 is 1.20 bits per heavy atom. The van der Waals surface area contributed by atoms with Crippen molar-refractivity contribution < 1.29 is 9.72 Å². The van der Waals surface area contributed by atoms with Crippen LogP contribution in [0.25, 0.3) is 0 Å². The van der Waals surface area contributed by atoms with E-state index in [1.807, 2.05) is 29.7 Å². The molecule has 1 unspecified atom stereocenters. The van der Waals surface area contributed by atoms with Gasteiger partial charge in [-0.3, -0.25) is 14.9 Å². The molecular formula is C21H23N5O3S. The first-order valence-electron chi connectivity index (χ1n) is 9.51. The number of carbonyl (C=O) groups excluding carboxylic acids is 1. The Balaban J connectivity index is 1.67. The van der Waals surface area contributed by atoms with Gasteiger partial charge in [0.25, 0.3) is 5.69 Å². The molecule has 156 valence electrons. The summed E-state index contributed by atoms with van der Waals surface area (Å²) in [7, 11) is 0. The molecule has 0 saturated carbocycles. The predicted octanol–water partition coefficient (Wildman–Crippen LogP) is 4.17. The van der Waals surface area contributed by atoms with Crippen molar-refractivity contribution in [2.45, 2.75) is 44.1 Å². The number of nitro groups is 1. The van der Waals surface area contributed by atoms with E-state index in [1.54, 1.807) is 19.9 Å². The first-order valence-corrected chi connectivity index (χ1v) is 10.4. The Kier molecular flexibility index (Phi) is 6.83. The van der Waals surface area contributed by atoms with Crippen LogP contribution in [-0.4, -0.2) is 30.8 Å². The molecule has 1 aromatic heterocycles. The summed E-state index contributed by atoms with van der Waals surface area (Å²) >= 11 is 1.31. The van der Waals surface area contributed by atoms with E-state index < -0.39 is 10.2 Å². The molecule has 0 aliphatic carbocycles. The van der Waals surface area contributed by atoms with Crippen LogP contribution in [0.3, 0.4) is 0 Å². The topological polar surface area (TPSA) is 103 Å². The van der Waals surface area contributed by atoms with Gasteiger partial charge in [-0.25, -0.2) is 0 Å². The number of carbonyl (C=O) groups is 1. The summed E-state index contributed by atoms with van der Waals surface area (Å²) in [5, 5.41) is 22.4. The molecule has 2 aromatic carbocycles. The number of hydrogen-bond donors (Lipinski definition) is 1. The van der Waals surface area contributed by atoms with Gasteiger partial charge < -0.3 is 9.88 Å². The molecule has 0 aliphatic rings. The van der Waals surface area contributed by atoms with E-state index in [9.17, 15) is 14.9 Å². The third-order valence-corrected chi connectivity index (χ3v) is 5.79. The number of thioether (sulfide) groups is 1. The summed E-state index contributed by atoms with van der Waals surface area (Å²) in [5.41, 5.74) is 2.34. The van der Waals surface area contributed by atoms with E-state index in [0.29, 0.717) is 17.4 Å². The lowest BCUT2D eigenvalue weighted by atomic mass is 10.1. The van der Waals surface area contributed by atoms with Gasteiger partial charge in [-0.05, 0) is 38.3 Å². The molecule has 9 heteroatoms. The minimum Gasteiger partial charge on any atom is -0.325 e. The van der Waals surface area contributed by atoms with Gasteiger partial charge in [-0.15, -0.1) is 10.2 Å². The molecule has 1 N–H and O–H groups in total. The lowest BCUT2D eigenvalue weighted by Gasteiger charge is -2.14. The van der Waals surface area contributed by atoms with Crippen LogP contribution in [0, 0.1) is 24.0 Å². The van der Waals surface area contributed by atoms with E-state index >= 15 is 0 Å². The lowest BCUT2D eigenvalue weighted by Crippen LogP contribution is -2.23. The van der Waals surface area contributed by atoms with Crippen molar-refractivity contribution in [3.05, 3.63) is 75.6 Å². The van der Waals surface area contributed by atoms with Gasteiger partial charge in [0.2, 0.25) is 5.91 Å². The van der Waals surface area contributed by atoms with Crippen molar-refractivity contribution in [3.8, 4) is 0 Å². The highest BCUT2D eigenvalue weighted by Crippen LogP contribution is 2.26. The monoisotopic (exact) mass is 425 g/mol. The van der Waals surface area contributed by atoms with Crippen LogP contribution in [0.1, 0.15) is 23.9 Å². The molecule has 1 amide bonds. The average Bonchev–Trinajstić information content (AvgIpc) is 3.07. The fourth-order valence-electron chi connectivity index (χ4n) is 2.90. The van der Waals surface area contributed by atoms with E-state index in [-0.39, 0.29) is 11.6 Å². The number of non-ortho nitro benzene ring substituents is 1. The largest absolute Gasteiger partial charge is 0.325 e. The summed E-state index contributed by atoms with van der Waals surface area (Å²) in [6, 6.07) is 14.6. The van der Waals surface area contributed by atoms with Gasteiger partial charge in [-0.1, -0.05) is 48.2 Å². The molecule has 3 rings (SSSR count). The number of amides is 1. The lowest BCUT2D eigenvalue weighted by molar-refractivity contribution is -0.384. The number of nitro benzene ring substituents is 1. The van der Waals surface area contributed by atoms with Crippen LogP contribution in [0.15, 0.2) is 53.7 Å². The Labute approximate surface area is 178 Å². The minimum atomic E-state index is -0.481. The number of benzene rings is 2. The normalized spacial score (nSPS) is 11.8. The van der Waals surface area contributed by atoms with E-state index in [1.165, 1.54) is 29.5 Å². The molecule has 8 nitrogen and oxygen atoms in total. The van der Waals surface area contributed by atoms with E-state index in [2.05, 4.69) is 27.6 Å². The minimum absolute atomic E-state index is 0.0625. The maximum Gasteiger partial charge on any atom is 0.271 e. The fraction of sp³-hybridized carbons (Fsp3) is 0.286. The predicted molar refractivity (Wildman–Crippen MR) is 117 cm³/mol. The molecular weight excluding hydrogens is 402 g/mol. The molecule has 0 bridgehead atoms. The van der Waals surface area contributed by atoms with E-state index in [0.717, 1.165) is 17.8 Å². The van der Waals surface area contributed by atoms with Gasteiger partial charge in [-0.2, -0.15) is 0 Å². The summed E-state index contributed by atoms with van der Waals surface area (Å²) in [4.78, 5) is 23.2. The standard InChI is InChI=1S/C21H23N5O3S/c1-14-9-10-18(26(28)29)13-19(14)22-20(27)15(2)30-21-24-23-16(3)25(21)12-11-17-7-5-4-6-8-17/h4-10,13,15H,11-12H2,1-3H3,(H,22,27). The Hall–Kier alpha value is -3.20. The second-order valence-corrected chi connectivity index (χ2v) is 8.23. The molecule has 0 aliphatic heterocycles. The summed E-state index contributed by atoms with van der Waals surface area (Å²) < 4.78 is 2.00. The van der Waals surface area contributed by atoms with Crippen molar-refractivity contribution in [3.63, 3.8) is 0 Å². The van der Waals surface area contributed by atoms with Gasteiger partial charge in [0.05, 0.1) is 15.9 Å². The number of rotatable bonds is 8. The number of aryl methyl sites for hydroxylation is 3. The Morgan fingerprint density at radius 3 is 2.63 bits per heavy atom. The highest BCUT2D eigenvalue weighted by molar-refractivity contribution is 8.00. The molecule has 0 saturated heterocycles. The number of nitrogens with zero attached hydrogens (tertiary/aromatic N) is 4. The van der Waals surface area contributed by atoms with Crippen molar-refractivity contribution in [2.24, 2.45) is 0 Å². The third kappa shape index (κ3) is 5.24. The first-order chi connectivity index (χ1) is 14.3. The molecule has 0 fully saturated rings. The second kappa shape index (κ2) is 9.53. The van der Waals surface area contributed by atoms with Gasteiger partial charge in [0.1, 0.15) is 5.82 Å². The van der Waals surface area contributed by atoms with Crippen molar-refractivity contribution in [2.75, 3.05) is 5.32 Å². The number of hydrogen-bond acceptors (Lipinski definition) is 6. The molecule has 3 aromatic rings. The summed E-state index contributed by atoms with van der Waals surface area (Å²) in [6.45, 7) is 6.17. The number of nitrogens with one attached hydrogen (secondary N) is 1. The second-order valence-electron chi connectivity index (χ2n) is 6.92. The van der Waals surface area contributed by atoms with Crippen LogP contribution < -0.4 is 5.32 Å². The maximum atomic E-state index is 12.7. The van der Waals surface area contributed by atoms with Crippen molar-refractivity contribution in [1.82, 2.24) is 14.8 Å². The molecule has 0 radical (unpaired) electrons. The summed E-state index contributed by atoms with van der Waals surface area (Å²) in [5.74, 6) is 0.537. The SMILES string of the molecule is Cc1ccc([N+](=O)[O-])cc1NC(=O)C(C)Sc1nnc(C)n1CCc1ccccc1. The van der Waals surface area contributed by atoms with Crippen LogP contribution in [0.5, 0.6) is 0 Å². The highest BCUT2D eigenvalue weighted by atomic mass is 32.2. The Morgan fingerprint density at radius 2 is 1.93 bits per heavy atom. The molecule has 1 atom stereocenters. The van der Waals surface area contributed by atoms with Crippen molar-refractivity contribution in [1.29, 1.82) is 0 Å². The van der Waals surface area contributed by atoms with E-state index in [4.69, 9.17) is 0 Å². The quantitative estimate of drug-likeness (QED) is 0.330. The van der Waals surface area contributed by atoms with Crippen LogP contribution in [-0.2, 0) is 17.8 Å². The maximum absolute atomic E-state index is 12.7. The highest BCUT2D eigenvalue weighted by Gasteiger charge is 2.20. The molecule has 1 heterocycles. The first kappa shape index (κ1) is 21.5. The van der Waals surface area contributed by atoms with Crippen molar-refractivity contribution >= 4 is 29.0 Å². The summed E-state index contributed by atoms with van der Waals surface area (Å²) in [6.07, 6.45) is 0.834. The van der Waals surface area contributed by atoms with Gasteiger partial charge in [0.15, 0.2) is 5.16 Å². The average molecular weight is 426 g/mol. The zero-order valence-electron chi connectivity index (χ0n) is 17.0. The van der Waals surface area contributed by atoms with Crippen LogP contribution in [0.2, 0.25) is 0 Å².